The summed E-state index contributed by atoms with van der Waals surface area (Å²) < 4.78 is 1.05. The molecule has 1 aromatic rings. The van der Waals surface area contributed by atoms with Crippen LogP contribution in [-0.4, -0.2) is 24.9 Å². The van der Waals surface area contributed by atoms with Crippen molar-refractivity contribution in [3.05, 3.63) is 46.1 Å². The van der Waals surface area contributed by atoms with E-state index in [2.05, 4.69) is 26.6 Å². The molecule has 0 fully saturated rings. The van der Waals surface area contributed by atoms with Gasteiger partial charge < -0.3 is 10.6 Å². The topological polar surface area (TPSA) is 64.9 Å². The van der Waals surface area contributed by atoms with Gasteiger partial charge in [0, 0.05) is 29.6 Å². The van der Waals surface area contributed by atoms with Gasteiger partial charge in [0.1, 0.15) is 11.6 Å². The van der Waals surface area contributed by atoms with E-state index < -0.39 is 0 Å². The van der Waals surface area contributed by atoms with E-state index in [9.17, 15) is 4.79 Å². The van der Waals surface area contributed by atoms with Crippen LogP contribution < -0.4 is 10.6 Å². The van der Waals surface area contributed by atoms with Crippen LogP contribution in [0.2, 0.25) is 0 Å². The van der Waals surface area contributed by atoms with Crippen molar-refractivity contribution in [2.24, 2.45) is 0 Å². The number of nitrogens with one attached hydrogen (secondary N) is 2. The second-order valence-corrected chi connectivity index (χ2v) is 5.50. The van der Waals surface area contributed by atoms with Gasteiger partial charge >= 0.3 is 0 Å². The average Bonchev–Trinajstić information content (AvgIpc) is 2.49. The number of halogens is 2. The molecule has 0 spiro atoms. The lowest BCUT2D eigenvalue weighted by Gasteiger charge is -2.05. The Hall–Kier alpha value is -1.51. The standard InChI is InChI=1S/C15H17BrClN3O/c16-14-5-2-1-4-12(14)6-9-19-11-13(10-18)15(21)20-8-3-7-17/h1-2,4-5,11,19H,3,6-9H2,(H,20,21)/b13-11-. The number of amides is 1. The first-order chi connectivity index (χ1) is 10.2. The summed E-state index contributed by atoms with van der Waals surface area (Å²) in [7, 11) is 0. The highest BCUT2D eigenvalue weighted by molar-refractivity contribution is 9.10. The van der Waals surface area contributed by atoms with E-state index in [-0.39, 0.29) is 11.5 Å². The van der Waals surface area contributed by atoms with Crippen molar-refractivity contribution < 1.29 is 4.79 Å². The van der Waals surface area contributed by atoms with Crippen molar-refractivity contribution in [1.82, 2.24) is 10.6 Å². The third-order valence-corrected chi connectivity index (χ3v) is 3.74. The molecule has 0 aliphatic heterocycles. The summed E-state index contributed by atoms with van der Waals surface area (Å²) in [6.45, 7) is 1.11. The number of hydrogen-bond donors (Lipinski definition) is 2. The van der Waals surface area contributed by atoms with E-state index in [1.807, 2.05) is 30.3 Å². The lowest BCUT2D eigenvalue weighted by atomic mass is 10.1. The van der Waals surface area contributed by atoms with Gasteiger partial charge in [-0.3, -0.25) is 4.79 Å². The SMILES string of the molecule is N#C/C(=C/NCCc1ccccc1Br)C(=O)NCCCCl. The predicted molar refractivity (Wildman–Crippen MR) is 87.9 cm³/mol. The summed E-state index contributed by atoms with van der Waals surface area (Å²) in [5.41, 5.74) is 1.24. The summed E-state index contributed by atoms with van der Waals surface area (Å²) in [5.74, 6) is 0.104. The number of carbonyl (C=O) groups excluding carboxylic acids is 1. The molecule has 0 heterocycles. The number of benzene rings is 1. The van der Waals surface area contributed by atoms with Gasteiger partial charge in [-0.1, -0.05) is 34.1 Å². The van der Waals surface area contributed by atoms with Crippen molar-refractivity contribution in [1.29, 1.82) is 5.26 Å². The minimum absolute atomic E-state index is 0.0664. The number of carbonyl (C=O) groups is 1. The molecule has 112 valence electrons. The Kier molecular flexibility index (Phi) is 8.56. The number of rotatable bonds is 8. The zero-order valence-electron chi connectivity index (χ0n) is 11.5. The molecule has 1 amide bonds. The monoisotopic (exact) mass is 369 g/mol. The van der Waals surface area contributed by atoms with Gasteiger partial charge in [0.2, 0.25) is 0 Å². The largest absolute Gasteiger partial charge is 0.389 e. The highest BCUT2D eigenvalue weighted by atomic mass is 79.9. The fraction of sp³-hybridized carbons (Fsp3) is 0.333. The Labute approximate surface area is 138 Å². The third-order valence-electron chi connectivity index (χ3n) is 2.70. The molecule has 1 aromatic carbocycles. The number of hydrogen-bond acceptors (Lipinski definition) is 3. The van der Waals surface area contributed by atoms with Crippen LogP contribution in [0.25, 0.3) is 0 Å². The molecule has 0 aliphatic rings. The van der Waals surface area contributed by atoms with E-state index in [1.165, 1.54) is 11.8 Å². The number of alkyl halides is 1. The quantitative estimate of drug-likeness (QED) is 0.320. The lowest BCUT2D eigenvalue weighted by Crippen LogP contribution is -2.27. The molecule has 1 rings (SSSR count). The second-order valence-electron chi connectivity index (χ2n) is 4.26. The smallest absolute Gasteiger partial charge is 0.263 e. The second kappa shape index (κ2) is 10.3. The lowest BCUT2D eigenvalue weighted by molar-refractivity contribution is -0.117. The van der Waals surface area contributed by atoms with Gasteiger partial charge in [-0.25, -0.2) is 0 Å². The Morgan fingerprint density at radius 3 is 2.81 bits per heavy atom. The number of nitrogens with zero attached hydrogens (tertiary/aromatic N) is 1. The summed E-state index contributed by atoms with van der Waals surface area (Å²) in [6.07, 6.45) is 2.93. The van der Waals surface area contributed by atoms with Gasteiger partial charge in [0.05, 0.1) is 0 Å². The maximum Gasteiger partial charge on any atom is 0.263 e. The molecule has 21 heavy (non-hydrogen) atoms. The third kappa shape index (κ3) is 6.65. The fourth-order valence-electron chi connectivity index (χ4n) is 1.59. The van der Waals surface area contributed by atoms with Crippen molar-refractivity contribution >= 4 is 33.4 Å². The maximum absolute atomic E-state index is 11.7. The van der Waals surface area contributed by atoms with Crippen molar-refractivity contribution in [2.45, 2.75) is 12.8 Å². The van der Waals surface area contributed by atoms with Gasteiger partial charge in [0.25, 0.3) is 5.91 Å². The van der Waals surface area contributed by atoms with Crippen molar-refractivity contribution in [3.63, 3.8) is 0 Å². The van der Waals surface area contributed by atoms with Crippen LogP contribution in [0.1, 0.15) is 12.0 Å². The first kappa shape index (κ1) is 17.5. The van der Waals surface area contributed by atoms with Crippen LogP contribution >= 0.6 is 27.5 Å². The Balaban J connectivity index is 2.41. The Morgan fingerprint density at radius 1 is 1.38 bits per heavy atom. The molecule has 0 atom stereocenters. The van der Waals surface area contributed by atoms with E-state index in [0.717, 1.165) is 10.9 Å². The fourth-order valence-corrected chi connectivity index (χ4v) is 2.21. The zero-order valence-corrected chi connectivity index (χ0v) is 13.9. The van der Waals surface area contributed by atoms with Crippen LogP contribution in [0, 0.1) is 11.3 Å². The van der Waals surface area contributed by atoms with Crippen LogP contribution in [0.5, 0.6) is 0 Å². The highest BCUT2D eigenvalue weighted by Crippen LogP contribution is 2.15. The molecular formula is C15H17BrClN3O. The molecule has 6 heteroatoms. The van der Waals surface area contributed by atoms with Crippen LogP contribution in [0.15, 0.2) is 40.5 Å². The zero-order chi connectivity index (χ0) is 15.5. The highest BCUT2D eigenvalue weighted by Gasteiger charge is 2.07. The van der Waals surface area contributed by atoms with Crippen LogP contribution in [-0.2, 0) is 11.2 Å². The molecule has 0 saturated heterocycles. The Morgan fingerprint density at radius 2 is 2.14 bits per heavy atom. The first-order valence-corrected chi connectivity index (χ1v) is 7.93. The van der Waals surface area contributed by atoms with Gasteiger partial charge in [-0.15, -0.1) is 11.6 Å². The Bertz CT molecular complexity index is 540. The summed E-state index contributed by atoms with van der Waals surface area (Å²) in [5, 5.41) is 14.6. The van der Waals surface area contributed by atoms with E-state index in [4.69, 9.17) is 16.9 Å². The number of nitriles is 1. The normalized spacial score (nSPS) is 10.8. The molecule has 0 saturated carbocycles. The van der Waals surface area contributed by atoms with Crippen LogP contribution in [0.3, 0.4) is 0 Å². The maximum atomic E-state index is 11.7. The van der Waals surface area contributed by atoms with Gasteiger partial charge in [-0.2, -0.15) is 5.26 Å². The van der Waals surface area contributed by atoms with E-state index in [0.29, 0.717) is 25.4 Å². The average molecular weight is 371 g/mol. The summed E-state index contributed by atoms with van der Waals surface area (Å²) in [4.78, 5) is 11.7. The molecule has 0 aromatic heterocycles. The first-order valence-electron chi connectivity index (χ1n) is 6.60. The molecule has 0 unspecified atom stereocenters. The minimum atomic E-state index is -0.379. The molecular weight excluding hydrogens is 354 g/mol. The van der Waals surface area contributed by atoms with E-state index >= 15 is 0 Å². The molecule has 0 radical (unpaired) electrons. The van der Waals surface area contributed by atoms with E-state index in [1.54, 1.807) is 0 Å². The molecule has 2 N–H and O–H groups in total. The molecule has 0 aliphatic carbocycles. The summed E-state index contributed by atoms with van der Waals surface area (Å²) in [6, 6.07) is 9.82. The van der Waals surface area contributed by atoms with Gasteiger partial charge in [-0.05, 0) is 24.5 Å². The van der Waals surface area contributed by atoms with Crippen molar-refractivity contribution in [2.75, 3.05) is 19.0 Å². The van der Waals surface area contributed by atoms with Crippen LogP contribution in [0.4, 0.5) is 0 Å². The molecule has 0 bridgehead atoms. The van der Waals surface area contributed by atoms with Gasteiger partial charge in [0.15, 0.2) is 0 Å². The predicted octanol–water partition coefficient (Wildman–Crippen LogP) is 2.73. The summed E-state index contributed by atoms with van der Waals surface area (Å²) >= 11 is 9.00. The minimum Gasteiger partial charge on any atom is -0.389 e. The molecule has 4 nitrogen and oxygen atoms in total. The van der Waals surface area contributed by atoms with Crippen molar-refractivity contribution in [3.8, 4) is 6.07 Å².